The minimum atomic E-state index is -0.802. The van der Waals surface area contributed by atoms with Gasteiger partial charge in [-0.1, -0.05) is 30.3 Å². The molecule has 21 heavy (non-hydrogen) atoms. The van der Waals surface area contributed by atoms with Crippen molar-refractivity contribution < 1.29 is 14.6 Å². The Morgan fingerprint density at radius 2 is 2.00 bits per heavy atom. The summed E-state index contributed by atoms with van der Waals surface area (Å²) in [6.07, 6.45) is 2.63. The van der Waals surface area contributed by atoms with Crippen LogP contribution >= 0.6 is 0 Å². The summed E-state index contributed by atoms with van der Waals surface area (Å²) in [6, 6.07) is 13.9. The zero-order valence-electron chi connectivity index (χ0n) is 11.8. The van der Waals surface area contributed by atoms with Crippen molar-refractivity contribution in [2.75, 3.05) is 6.61 Å². The van der Waals surface area contributed by atoms with Gasteiger partial charge in [0.1, 0.15) is 11.8 Å². The molecule has 0 amide bonds. The molecule has 3 rings (SSSR count). The second-order valence-corrected chi connectivity index (χ2v) is 5.48. The summed E-state index contributed by atoms with van der Waals surface area (Å²) >= 11 is 0. The van der Waals surface area contributed by atoms with E-state index in [1.165, 1.54) is 5.39 Å². The molecule has 1 fully saturated rings. The third kappa shape index (κ3) is 3.73. The van der Waals surface area contributed by atoms with Crippen molar-refractivity contribution in [3.63, 3.8) is 0 Å². The van der Waals surface area contributed by atoms with E-state index in [0.29, 0.717) is 19.1 Å². The molecule has 1 atom stereocenters. The Balaban J connectivity index is 1.56. The predicted molar refractivity (Wildman–Crippen MR) is 81.6 cm³/mol. The molecule has 2 aromatic carbocycles. The predicted octanol–water partition coefficient (Wildman–Crippen LogP) is 2.81. The number of carboxylic acid groups (broad SMARTS) is 1. The number of aliphatic carboxylic acids is 1. The number of nitrogens with one attached hydrogen (secondary N) is 1. The molecule has 0 heterocycles. The Bertz CT molecular complexity index is 637. The van der Waals surface area contributed by atoms with Crippen LogP contribution in [0.4, 0.5) is 0 Å². The van der Waals surface area contributed by atoms with Crippen LogP contribution in [0.1, 0.15) is 19.3 Å². The molecule has 0 bridgehead atoms. The topological polar surface area (TPSA) is 58.6 Å². The quantitative estimate of drug-likeness (QED) is 0.821. The third-order valence-electron chi connectivity index (χ3n) is 3.71. The highest BCUT2D eigenvalue weighted by molar-refractivity contribution is 5.83. The molecule has 0 saturated heterocycles. The van der Waals surface area contributed by atoms with Crippen molar-refractivity contribution in [2.45, 2.75) is 31.3 Å². The van der Waals surface area contributed by atoms with Crippen LogP contribution in [0.3, 0.4) is 0 Å². The summed E-state index contributed by atoms with van der Waals surface area (Å²) in [7, 11) is 0. The highest BCUT2D eigenvalue weighted by Crippen LogP contribution is 2.22. The molecule has 4 nitrogen and oxygen atoms in total. The number of hydrogen-bond acceptors (Lipinski definition) is 3. The van der Waals surface area contributed by atoms with Gasteiger partial charge in [-0.3, -0.25) is 4.79 Å². The molecule has 1 aliphatic rings. The summed E-state index contributed by atoms with van der Waals surface area (Å²) in [5, 5.41) is 14.6. The average Bonchev–Trinajstić information content (AvgIpc) is 3.30. The van der Waals surface area contributed by atoms with Crippen molar-refractivity contribution in [1.29, 1.82) is 0 Å². The molecule has 0 spiro atoms. The van der Waals surface area contributed by atoms with E-state index in [2.05, 4.69) is 11.4 Å². The second kappa shape index (κ2) is 6.14. The molecule has 4 heteroatoms. The molecule has 1 saturated carbocycles. The summed E-state index contributed by atoms with van der Waals surface area (Å²) in [4.78, 5) is 11.2. The zero-order valence-corrected chi connectivity index (χ0v) is 11.8. The van der Waals surface area contributed by atoms with Crippen molar-refractivity contribution in [3.05, 3.63) is 42.5 Å². The highest BCUT2D eigenvalue weighted by Gasteiger charge is 2.27. The lowest BCUT2D eigenvalue weighted by Crippen LogP contribution is -2.39. The summed E-state index contributed by atoms with van der Waals surface area (Å²) in [5.41, 5.74) is 0. The van der Waals surface area contributed by atoms with E-state index in [9.17, 15) is 9.90 Å². The Labute approximate surface area is 123 Å². The highest BCUT2D eigenvalue weighted by atomic mass is 16.5. The first kappa shape index (κ1) is 13.9. The van der Waals surface area contributed by atoms with Gasteiger partial charge in [-0.25, -0.2) is 0 Å². The minimum Gasteiger partial charge on any atom is -0.493 e. The fraction of sp³-hybridized carbons (Fsp3) is 0.353. The molecule has 110 valence electrons. The smallest absolute Gasteiger partial charge is 0.320 e. The monoisotopic (exact) mass is 285 g/mol. The zero-order chi connectivity index (χ0) is 14.7. The standard InChI is InChI=1S/C17H19NO3/c19-17(20)16(18-14-6-7-14)9-10-21-15-8-5-12-3-1-2-4-13(12)11-15/h1-5,8,11,14,16,18H,6-7,9-10H2,(H,19,20). The first-order valence-electron chi connectivity index (χ1n) is 7.33. The summed E-state index contributed by atoms with van der Waals surface area (Å²) in [5.74, 6) is -0.0201. The normalized spacial score (nSPS) is 15.8. The maximum absolute atomic E-state index is 11.2. The number of hydrogen-bond donors (Lipinski definition) is 2. The number of benzene rings is 2. The molecular formula is C17H19NO3. The van der Waals surface area contributed by atoms with E-state index < -0.39 is 12.0 Å². The largest absolute Gasteiger partial charge is 0.493 e. The molecular weight excluding hydrogens is 266 g/mol. The van der Waals surface area contributed by atoms with Crippen LogP contribution in [0.15, 0.2) is 42.5 Å². The number of carbonyl (C=O) groups is 1. The Hall–Kier alpha value is -2.07. The Morgan fingerprint density at radius 1 is 1.24 bits per heavy atom. The van der Waals surface area contributed by atoms with Crippen molar-refractivity contribution in [3.8, 4) is 5.75 Å². The van der Waals surface area contributed by atoms with Gasteiger partial charge in [0.15, 0.2) is 0 Å². The van der Waals surface area contributed by atoms with Crippen LogP contribution < -0.4 is 10.1 Å². The van der Waals surface area contributed by atoms with E-state index in [-0.39, 0.29) is 0 Å². The molecule has 2 aromatic rings. The summed E-state index contributed by atoms with van der Waals surface area (Å²) < 4.78 is 5.69. The van der Waals surface area contributed by atoms with Gasteiger partial charge >= 0.3 is 5.97 Å². The fourth-order valence-corrected chi connectivity index (χ4v) is 2.36. The van der Waals surface area contributed by atoms with Crippen molar-refractivity contribution in [1.82, 2.24) is 5.32 Å². The Kier molecular flexibility index (Phi) is 4.06. The molecule has 2 N–H and O–H groups in total. The molecule has 1 aliphatic carbocycles. The minimum absolute atomic E-state index is 0.381. The van der Waals surface area contributed by atoms with Crippen LogP contribution in [0.2, 0.25) is 0 Å². The van der Waals surface area contributed by atoms with Gasteiger partial charge in [0, 0.05) is 12.5 Å². The van der Waals surface area contributed by atoms with E-state index in [1.54, 1.807) is 0 Å². The van der Waals surface area contributed by atoms with E-state index >= 15 is 0 Å². The first-order chi connectivity index (χ1) is 10.2. The second-order valence-electron chi connectivity index (χ2n) is 5.48. The van der Waals surface area contributed by atoms with E-state index in [0.717, 1.165) is 24.0 Å². The molecule has 1 unspecified atom stereocenters. The lowest BCUT2D eigenvalue weighted by atomic mass is 10.1. The molecule has 0 aromatic heterocycles. The lowest BCUT2D eigenvalue weighted by molar-refractivity contribution is -0.139. The average molecular weight is 285 g/mol. The SMILES string of the molecule is O=C(O)C(CCOc1ccc2ccccc2c1)NC1CC1. The van der Waals surface area contributed by atoms with E-state index in [1.807, 2.05) is 36.4 Å². The maximum Gasteiger partial charge on any atom is 0.320 e. The van der Waals surface area contributed by atoms with Gasteiger partial charge in [0.2, 0.25) is 0 Å². The fourth-order valence-electron chi connectivity index (χ4n) is 2.36. The number of ether oxygens (including phenoxy) is 1. The van der Waals surface area contributed by atoms with Crippen molar-refractivity contribution >= 4 is 16.7 Å². The van der Waals surface area contributed by atoms with Crippen molar-refractivity contribution in [2.24, 2.45) is 0 Å². The van der Waals surface area contributed by atoms with Crippen LogP contribution in [0.5, 0.6) is 5.75 Å². The van der Waals surface area contributed by atoms with Gasteiger partial charge in [-0.2, -0.15) is 0 Å². The maximum atomic E-state index is 11.2. The van der Waals surface area contributed by atoms with Gasteiger partial charge in [0.05, 0.1) is 6.61 Å². The molecule has 0 aliphatic heterocycles. The lowest BCUT2D eigenvalue weighted by Gasteiger charge is -2.14. The van der Waals surface area contributed by atoms with Gasteiger partial charge in [-0.05, 0) is 35.7 Å². The summed E-state index contributed by atoms with van der Waals surface area (Å²) in [6.45, 7) is 0.398. The number of rotatable bonds is 7. The van der Waals surface area contributed by atoms with Crippen LogP contribution in [0.25, 0.3) is 10.8 Å². The van der Waals surface area contributed by atoms with E-state index in [4.69, 9.17) is 4.74 Å². The molecule has 0 radical (unpaired) electrons. The van der Waals surface area contributed by atoms with Crippen LogP contribution in [0, 0.1) is 0 Å². The number of fused-ring (bicyclic) bond motifs is 1. The van der Waals surface area contributed by atoms with Gasteiger partial charge < -0.3 is 15.2 Å². The number of carboxylic acids is 1. The Morgan fingerprint density at radius 3 is 2.71 bits per heavy atom. The van der Waals surface area contributed by atoms with Crippen LogP contribution in [-0.4, -0.2) is 29.8 Å². The first-order valence-corrected chi connectivity index (χ1v) is 7.33. The van der Waals surface area contributed by atoms with Crippen LogP contribution in [-0.2, 0) is 4.79 Å². The van der Waals surface area contributed by atoms with Gasteiger partial charge in [0.25, 0.3) is 0 Å². The van der Waals surface area contributed by atoms with Gasteiger partial charge in [-0.15, -0.1) is 0 Å². The third-order valence-corrected chi connectivity index (χ3v) is 3.71.